The van der Waals surface area contributed by atoms with E-state index in [9.17, 15) is 5.11 Å². The van der Waals surface area contributed by atoms with E-state index >= 15 is 0 Å². The van der Waals surface area contributed by atoms with E-state index in [0.29, 0.717) is 18.1 Å². The molecule has 2 aromatic carbocycles. The number of rotatable bonds is 6. The molecule has 0 aliphatic rings. The quantitative estimate of drug-likeness (QED) is 0.430. The first-order valence-corrected chi connectivity index (χ1v) is 10.6. The molecule has 6 heteroatoms. The molecule has 5 rings (SSSR count). The monoisotopic (exact) mass is 421 g/mol. The number of pyridine rings is 2. The van der Waals surface area contributed by atoms with Crippen LogP contribution in [0.15, 0.2) is 85.1 Å². The summed E-state index contributed by atoms with van der Waals surface area (Å²) in [6.45, 7) is 0.440. The third-order valence-electron chi connectivity index (χ3n) is 5.45. The van der Waals surface area contributed by atoms with Crippen molar-refractivity contribution in [2.45, 2.75) is 13.0 Å². The number of fused-ring (bicyclic) bond motifs is 1. The van der Waals surface area contributed by atoms with Gasteiger partial charge in [-0.25, -0.2) is 9.67 Å². The van der Waals surface area contributed by atoms with Gasteiger partial charge in [0, 0.05) is 23.1 Å². The van der Waals surface area contributed by atoms with Crippen molar-refractivity contribution in [1.82, 2.24) is 19.7 Å². The largest absolute Gasteiger partial charge is 0.390 e. The van der Waals surface area contributed by atoms with E-state index < -0.39 is 0 Å². The number of hydrogen-bond donors (Lipinski definition) is 2. The lowest BCUT2D eigenvalue weighted by Crippen LogP contribution is -2.04. The first-order chi connectivity index (χ1) is 15.8. The van der Waals surface area contributed by atoms with Gasteiger partial charge in [0.1, 0.15) is 0 Å². The smallest absolute Gasteiger partial charge is 0.154 e. The maximum atomic E-state index is 9.52. The molecule has 0 fully saturated rings. The Hall–Kier alpha value is -3.87. The SMILES string of the molecule is NCCc1cccc(-c2cc(-c3ccccc3)c3cnn(-c4cccc(CO)n4)c3c2)n1. The van der Waals surface area contributed by atoms with Gasteiger partial charge >= 0.3 is 0 Å². The van der Waals surface area contributed by atoms with Gasteiger partial charge in [-0.15, -0.1) is 0 Å². The highest BCUT2D eigenvalue weighted by Gasteiger charge is 2.15. The lowest BCUT2D eigenvalue weighted by atomic mass is 9.97. The van der Waals surface area contributed by atoms with Crippen molar-refractivity contribution in [3.63, 3.8) is 0 Å². The van der Waals surface area contributed by atoms with Crippen molar-refractivity contribution in [2.24, 2.45) is 5.73 Å². The van der Waals surface area contributed by atoms with Crippen molar-refractivity contribution >= 4 is 10.9 Å². The van der Waals surface area contributed by atoms with Gasteiger partial charge in [-0.05, 0) is 54.1 Å². The fourth-order valence-electron chi connectivity index (χ4n) is 3.91. The van der Waals surface area contributed by atoms with Gasteiger partial charge in [-0.2, -0.15) is 5.10 Å². The predicted molar refractivity (Wildman–Crippen MR) is 126 cm³/mol. The molecule has 158 valence electrons. The predicted octanol–water partition coefficient (Wildman–Crippen LogP) is 4.14. The number of hydrogen-bond acceptors (Lipinski definition) is 5. The first-order valence-electron chi connectivity index (χ1n) is 10.6. The normalized spacial score (nSPS) is 11.2. The second-order valence-electron chi connectivity index (χ2n) is 7.58. The minimum Gasteiger partial charge on any atom is -0.390 e. The Bertz CT molecular complexity index is 1380. The van der Waals surface area contributed by atoms with Gasteiger partial charge in [-0.1, -0.05) is 42.5 Å². The minimum atomic E-state index is -0.120. The molecule has 0 amide bonds. The van der Waals surface area contributed by atoms with E-state index in [4.69, 9.17) is 10.7 Å². The van der Waals surface area contributed by atoms with Gasteiger partial charge in [0.25, 0.3) is 0 Å². The molecule has 3 heterocycles. The standard InChI is InChI=1S/C26H23N5O/c27-13-12-20-8-4-10-24(29-20)19-14-22(18-6-2-1-3-7-18)23-16-28-31(25(23)15-19)26-11-5-9-21(17-32)30-26/h1-11,14-16,32H,12-13,17,27H2. The van der Waals surface area contributed by atoms with Gasteiger partial charge < -0.3 is 10.8 Å². The zero-order chi connectivity index (χ0) is 21.9. The molecule has 0 spiro atoms. The van der Waals surface area contributed by atoms with Crippen molar-refractivity contribution in [3.8, 4) is 28.2 Å². The van der Waals surface area contributed by atoms with Crippen LogP contribution in [0.5, 0.6) is 0 Å². The Labute approximate surface area is 186 Å². The van der Waals surface area contributed by atoms with Crippen LogP contribution >= 0.6 is 0 Å². The summed E-state index contributed by atoms with van der Waals surface area (Å²) in [6, 6.07) is 26.1. The Morgan fingerprint density at radius 1 is 0.812 bits per heavy atom. The average Bonchev–Trinajstić information content (AvgIpc) is 3.28. The van der Waals surface area contributed by atoms with E-state index in [2.05, 4.69) is 34.3 Å². The van der Waals surface area contributed by atoms with Crippen molar-refractivity contribution in [3.05, 3.63) is 96.4 Å². The molecule has 0 saturated heterocycles. The van der Waals surface area contributed by atoms with Crippen molar-refractivity contribution in [1.29, 1.82) is 0 Å². The number of aliphatic hydroxyl groups is 1. The lowest BCUT2D eigenvalue weighted by Gasteiger charge is -2.11. The molecule has 6 nitrogen and oxygen atoms in total. The van der Waals surface area contributed by atoms with E-state index in [-0.39, 0.29) is 6.61 Å². The fraction of sp³-hybridized carbons (Fsp3) is 0.115. The Morgan fingerprint density at radius 2 is 1.62 bits per heavy atom. The highest BCUT2D eigenvalue weighted by molar-refractivity contribution is 5.98. The lowest BCUT2D eigenvalue weighted by molar-refractivity contribution is 0.276. The van der Waals surface area contributed by atoms with Gasteiger partial charge in [0.15, 0.2) is 5.82 Å². The molecule has 3 N–H and O–H groups in total. The second-order valence-corrected chi connectivity index (χ2v) is 7.58. The summed E-state index contributed by atoms with van der Waals surface area (Å²) in [5, 5.41) is 15.2. The third-order valence-corrected chi connectivity index (χ3v) is 5.45. The van der Waals surface area contributed by atoms with E-state index in [1.54, 1.807) is 6.07 Å². The highest BCUT2D eigenvalue weighted by atomic mass is 16.3. The summed E-state index contributed by atoms with van der Waals surface area (Å²) in [5.74, 6) is 0.660. The summed E-state index contributed by atoms with van der Waals surface area (Å²) >= 11 is 0. The Morgan fingerprint density at radius 3 is 2.44 bits per heavy atom. The number of nitrogens with two attached hydrogens (primary N) is 1. The number of nitrogens with zero attached hydrogens (tertiary/aromatic N) is 4. The summed E-state index contributed by atoms with van der Waals surface area (Å²) in [4.78, 5) is 9.38. The van der Waals surface area contributed by atoms with Gasteiger partial charge in [0.05, 0.1) is 29.7 Å². The van der Waals surface area contributed by atoms with Crippen LogP contribution in [0.2, 0.25) is 0 Å². The molecule has 3 aromatic heterocycles. The molecule has 0 saturated carbocycles. The van der Waals surface area contributed by atoms with E-state index in [1.165, 1.54) is 0 Å². The summed E-state index contributed by atoms with van der Waals surface area (Å²) in [6.07, 6.45) is 2.60. The van der Waals surface area contributed by atoms with Crippen LogP contribution in [0.4, 0.5) is 0 Å². The molecule has 5 aromatic rings. The van der Waals surface area contributed by atoms with Crippen LogP contribution in [-0.2, 0) is 13.0 Å². The van der Waals surface area contributed by atoms with Crippen LogP contribution in [0, 0.1) is 0 Å². The van der Waals surface area contributed by atoms with E-state index in [0.717, 1.165) is 45.4 Å². The molecule has 0 aliphatic carbocycles. The zero-order valence-electron chi connectivity index (χ0n) is 17.5. The minimum absolute atomic E-state index is 0.120. The van der Waals surface area contributed by atoms with Crippen LogP contribution in [0.3, 0.4) is 0 Å². The fourth-order valence-corrected chi connectivity index (χ4v) is 3.91. The molecular formula is C26H23N5O. The van der Waals surface area contributed by atoms with Crippen LogP contribution in [0.25, 0.3) is 39.1 Å². The number of aromatic nitrogens is 4. The Balaban J connectivity index is 1.75. The molecule has 0 aliphatic heterocycles. The van der Waals surface area contributed by atoms with Crippen molar-refractivity contribution < 1.29 is 5.11 Å². The third kappa shape index (κ3) is 3.77. The number of benzene rings is 2. The Kier molecular flexibility index (Phi) is 5.46. The molecular weight excluding hydrogens is 398 g/mol. The average molecular weight is 422 g/mol. The summed E-state index contributed by atoms with van der Waals surface area (Å²) in [7, 11) is 0. The van der Waals surface area contributed by atoms with Crippen molar-refractivity contribution in [2.75, 3.05) is 6.54 Å². The van der Waals surface area contributed by atoms with Crippen LogP contribution in [0.1, 0.15) is 11.4 Å². The first kappa shape index (κ1) is 20.1. The van der Waals surface area contributed by atoms with Gasteiger partial charge in [0.2, 0.25) is 0 Å². The number of aliphatic hydroxyl groups excluding tert-OH is 1. The molecule has 0 unspecified atom stereocenters. The molecule has 0 atom stereocenters. The summed E-state index contributed by atoms with van der Waals surface area (Å²) in [5.41, 5.74) is 12.3. The molecule has 0 radical (unpaired) electrons. The highest BCUT2D eigenvalue weighted by Crippen LogP contribution is 2.34. The maximum Gasteiger partial charge on any atom is 0.154 e. The topological polar surface area (TPSA) is 89.8 Å². The van der Waals surface area contributed by atoms with E-state index in [1.807, 2.05) is 59.4 Å². The van der Waals surface area contributed by atoms with Crippen LogP contribution in [-0.4, -0.2) is 31.4 Å². The molecule has 32 heavy (non-hydrogen) atoms. The maximum absolute atomic E-state index is 9.52. The zero-order valence-corrected chi connectivity index (χ0v) is 17.5. The van der Waals surface area contributed by atoms with Crippen LogP contribution < -0.4 is 5.73 Å². The second kappa shape index (κ2) is 8.70. The molecule has 0 bridgehead atoms. The summed E-state index contributed by atoms with van der Waals surface area (Å²) < 4.78 is 1.81. The van der Waals surface area contributed by atoms with Gasteiger partial charge in [-0.3, -0.25) is 4.98 Å².